The summed E-state index contributed by atoms with van der Waals surface area (Å²) < 4.78 is 41.1. The van der Waals surface area contributed by atoms with Crippen molar-refractivity contribution in [3.8, 4) is 11.3 Å². The number of sulfonamides is 1. The van der Waals surface area contributed by atoms with Crippen LogP contribution in [-0.2, 0) is 10.0 Å². The van der Waals surface area contributed by atoms with E-state index in [9.17, 15) is 17.6 Å². The maximum absolute atomic E-state index is 13.1. The number of aryl methyl sites for hydroxylation is 1. The van der Waals surface area contributed by atoms with E-state index in [1.54, 1.807) is 42.5 Å². The average molecular weight is 409 g/mol. The van der Waals surface area contributed by atoms with Crippen molar-refractivity contribution in [2.45, 2.75) is 11.8 Å². The van der Waals surface area contributed by atoms with Gasteiger partial charge in [0.15, 0.2) is 0 Å². The zero-order valence-corrected chi connectivity index (χ0v) is 16.1. The van der Waals surface area contributed by atoms with Crippen molar-refractivity contribution >= 4 is 26.7 Å². The van der Waals surface area contributed by atoms with Crippen molar-refractivity contribution in [2.75, 3.05) is 4.72 Å². The molecule has 0 unspecified atom stereocenters. The number of para-hydroxylation sites is 2. The molecule has 0 aliphatic carbocycles. The van der Waals surface area contributed by atoms with Crippen LogP contribution in [0.4, 0.5) is 10.1 Å². The number of aromatic nitrogens is 2. The lowest BCUT2D eigenvalue weighted by molar-refractivity contribution is 0.599. The smallest absolute Gasteiger partial charge is 0.275 e. The van der Waals surface area contributed by atoms with Crippen LogP contribution in [0, 0.1) is 12.7 Å². The van der Waals surface area contributed by atoms with Gasteiger partial charge in [-0.2, -0.15) is 0 Å². The van der Waals surface area contributed by atoms with Crippen LogP contribution in [0.15, 0.2) is 76.4 Å². The standard InChI is InChI=1S/C21H16FN3O3S/c1-13-6-11-17(25-29(27,28)15-9-7-14(22)8-10-15)16(12-13)20-21(26)24-19-5-3-2-4-18(19)23-20/h2-12,25H,1H3,(H,24,26). The fourth-order valence-electron chi connectivity index (χ4n) is 2.97. The SMILES string of the molecule is Cc1ccc(NS(=O)(=O)c2ccc(F)cc2)c(-c2nc3ccccc3[nH]c2=O)c1. The van der Waals surface area contributed by atoms with E-state index in [2.05, 4.69) is 14.7 Å². The van der Waals surface area contributed by atoms with Crippen LogP contribution in [0.3, 0.4) is 0 Å². The molecule has 0 amide bonds. The minimum Gasteiger partial charge on any atom is -0.319 e. The Morgan fingerprint density at radius 2 is 1.72 bits per heavy atom. The van der Waals surface area contributed by atoms with E-state index < -0.39 is 21.4 Å². The highest BCUT2D eigenvalue weighted by Crippen LogP contribution is 2.28. The minimum atomic E-state index is -3.99. The molecule has 1 aromatic heterocycles. The van der Waals surface area contributed by atoms with Gasteiger partial charge < -0.3 is 4.98 Å². The molecule has 0 bridgehead atoms. The van der Waals surface area contributed by atoms with E-state index in [1.807, 2.05) is 6.92 Å². The molecular formula is C21H16FN3O3S. The third kappa shape index (κ3) is 3.74. The van der Waals surface area contributed by atoms with Gasteiger partial charge in [0.05, 0.1) is 21.6 Å². The second-order valence-corrected chi connectivity index (χ2v) is 8.22. The molecular weight excluding hydrogens is 393 g/mol. The Hall–Kier alpha value is -3.52. The summed E-state index contributed by atoms with van der Waals surface area (Å²) in [7, 11) is -3.99. The Morgan fingerprint density at radius 1 is 1.00 bits per heavy atom. The highest BCUT2D eigenvalue weighted by Gasteiger charge is 2.19. The van der Waals surface area contributed by atoms with Crippen molar-refractivity contribution in [1.29, 1.82) is 0 Å². The molecule has 0 radical (unpaired) electrons. The Morgan fingerprint density at radius 3 is 2.48 bits per heavy atom. The molecule has 0 saturated heterocycles. The molecule has 6 nitrogen and oxygen atoms in total. The largest absolute Gasteiger partial charge is 0.319 e. The number of aromatic amines is 1. The van der Waals surface area contributed by atoms with Gasteiger partial charge in [-0.15, -0.1) is 0 Å². The van der Waals surface area contributed by atoms with Crippen molar-refractivity contribution in [2.24, 2.45) is 0 Å². The second-order valence-electron chi connectivity index (χ2n) is 6.54. The number of anilines is 1. The fourth-order valence-corrected chi connectivity index (χ4v) is 4.05. The number of hydrogen-bond donors (Lipinski definition) is 2. The maximum atomic E-state index is 13.1. The number of rotatable bonds is 4. The van der Waals surface area contributed by atoms with E-state index >= 15 is 0 Å². The summed E-state index contributed by atoms with van der Waals surface area (Å²) >= 11 is 0. The summed E-state index contributed by atoms with van der Waals surface area (Å²) in [6.45, 7) is 1.83. The van der Waals surface area contributed by atoms with Gasteiger partial charge in [0, 0.05) is 5.56 Å². The van der Waals surface area contributed by atoms with Crippen LogP contribution in [-0.4, -0.2) is 18.4 Å². The number of nitrogens with one attached hydrogen (secondary N) is 2. The lowest BCUT2D eigenvalue weighted by atomic mass is 10.1. The number of fused-ring (bicyclic) bond motifs is 1. The topological polar surface area (TPSA) is 91.9 Å². The molecule has 4 rings (SSSR count). The molecule has 146 valence electrons. The molecule has 3 aromatic carbocycles. The molecule has 8 heteroatoms. The summed E-state index contributed by atoms with van der Waals surface area (Å²) in [5.74, 6) is -0.535. The molecule has 1 heterocycles. The average Bonchev–Trinajstić information content (AvgIpc) is 2.69. The lowest BCUT2D eigenvalue weighted by Gasteiger charge is -2.13. The molecule has 2 N–H and O–H groups in total. The van der Waals surface area contributed by atoms with Crippen molar-refractivity contribution in [3.05, 3.63) is 88.5 Å². The molecule has 0 saturated carbocycles. The van der Waals surface area contributed by atoms with E-state index in [0.29, 0.717) is 16.6 Å². The predicted molar refractivity (Wildman–Crippen MR) is 110 cm³/mol. The summed E-state index contributed by atoms with van der Waals surface area (Å²) in [4.78, 5) is 19.7. The van der Waals surface area contributed by atoms with Gasteiger partial charge in [-0.1, -0.05) is 23.8 Å². The van der Waals surface area contributed by atoms with Crippen LogP contribution < -0.4 is 10.3 Å². The first kappa shape index (κ1) is 18.8. The highest BCUT2D eigenvalue weighted by molar-refractivity contribution is 7.92. The highest BCUT2D eigenvalue weighted by atomic mass is 32.2. The van der Waals surface area contributed by atoms with Gasteiger partial charge in [-0.25, -0.2) is 17.8 Å². The molecule has 4 aromatic rings. The van der Waals surface area contributed by atoms with Gasteiger partial charge in [0.2, 0.25) is 0 Å². The summed E-state index contributed by atoms with van der Waals surface area (Å²) in [5, 5.41) is 0. The first-order valence-corrected chi connectivity index (χ1v) is 10.2. The molecule has 29 heavy (non-hydrogen) atoms. The van der Waals surface area contributed by atoms with Gasteiger partial charge in [-0.05, 0) is 55.5 Å². The van der Waals surface area contributed by atoms with E-state index in [1.165, 1.54) is 12.1 Å². The van der Waals surface area contributed by atoms with Crippen molar-refractivity contribution < 1.29 is 12.8 Å². The van der Waals surface area contributed by atoms with Crippen LogP contribution >= 0.6 is 0 Å². The Kier molecular flexibility index (Phi) is 4.63. The molecule has 0 fully saturated rings. The van der Waals surface area contributed by atoms with Crippen LogP contribution in [0.1, 0.15) is 5.56 Å². The van der Waals surface area contributed by atoms with E-state index in [4.69, 9.17) is 0 Å². The van der Waals surface area contributed by atoms with Gasteiger partial charge >= 0.3 is 0 Å². The monoisotopic (exact) mass is 409 g/mol. The first-order chi connectivity index (χ1) is 13.8. The zero-order valence-electron chi connectivity index (χ0n) is 15.3. The fraction of sp³-hybridized carbons (Fsp3) is 0.0476. The molecule has 0 atom stereocenters. The quantitative estimate of drug-likeness (QED) is 0.536. The Bertz CT molecular complexity index is 1380. The maximum Gasteiger partial charge on any atom is 0.275 e. The first-order valence-electron chi connectivity index (χ1n) is 8.72. The van der Waals surface area contributed by atoms with Crippen LogP contribution in [0.25, 0.3) is 22.3 Å². The minimum absolute atomic E-state index is 0.0918. The molecule has 0 spiro atoms. The Labute approximate surface area is 166 Å². The normalized spacial score (nSPS) is 11.5. The Balaban J connectivity index is 1.84. The third-order valence-corrected chi connectivity index (χ3v) is 5.78. The van der Waals surface area contributed by atoms with Gasteiger partial charge in [0.25, 0.3) is 15.6 Å². The van der Waals surface area contributed by atoms with Gasteiger partial charge in [0.1, 0.15) is 11.5 Å². The third-order valence-electron chi connectivity index (χ3n) is 4.40. The number of halogens is 1. The van der Waals surface area contributed by atoms with Crippen molar-refractivity contribution in [3.63, 3.8) is 0 Å². The number of hydrogen-bond acceptors (Lipinski definition) is 4. The van der Waals surface area contributed by atoms with Gasteiger partial charge in [-0.3, -0.25) is 9.52 Å². The summed E-state index contributed by atoms with van der Waals surface area (Å²) in [6.07, 6.45) is 0. The summed E-state index contributed by atoms with van der Waals surface area (Å²) in [5.41, 5.74) is 2.22. The second kappa shape index (κ2) is 7.14. The van der Waals surface area contributed by atoms with Crippen LogP contribution in [0.5, 0.6) is 0 Å². The number of H-pyrrole nitrogens is 1. The summed E-state index contributed by atoms with van der Waals surface area (Å²) in [6, 6.07) is 16.5. The lowest BCUT2D eigenvalue weighted by Crippen LogP contribution is -2.16. The molecule has 0 aliphatic rings. The zero-order chi connectivity index (χ0) is 20.6. The molecule has 0 aliphatic heterocycles. The number of nitrogens with zero attached hydrogens (tertiary/aromatic N) is 1. The van der Waals surface area contributed by atoms with E-state index in [-0.39, 0.29) is 16.3 Å². The predicted octanol–water partition coefficient (Wildman–Crippen LogP) is 3.84. The van der Waals surface area contributed by atoms with E-state index in [0.717, 1.165) is 17.7 Å². The van der Waals surface area contributed by atoms with Crippen LogP contribution in [0.2, 0.25) is 0 Å². The van der Waals surface area contributed by atoms with Crippen molar-refractivity contribution in [1.82, 2.24) is 9.97 Å². The number of benzene rings is 3.